The standard InChI is InChI=1S/C23H23NO4/c1-3-4-5-13-28-19-11-9-17(10-12-19)23(27)24-16(2)14-20-18(15-22(25)26)7-6-8-21(20)24/h3-4,6-12,14H,5,13,15H2,1-2H3,(H,25,26)/b4-3-. The number of fused-ring (bicyclic) bond motifs is 1. The van der Waals surface area contributed by atoms with Gasteiger partial charge in [-0.3, -0.25) is 14.2 Å². The van der Waals surface area contributed by atoms with Gasteiger partial charge in [0.1, 0.15) is 5.75 Å². The molecule has 0 aliphatic carbocycles. The molecule has 144 valence electrons. The maximum atomic E-state index is 13.1. The first-order chi connectivity index (χ1) is 13.5. The Bertz CT molecular complexity index is 1030. The molecule has 5 nitrogen and oxygen atoms in total. The van der Waals surface area contributed by atoms with E-state index in [4.69, 9.17) is 9.84 Å². The lowest BCUT2D eigenvalue weighted by Gasteiger charge is -2.09. The van der Waals surface area contributed by atoms with Crippen LogP contribution in [0.3, 0.4) is 0 Å². The van der Waals surface area contributed by atoms with Crippen molar-refractivity contribution in [2.75, 3.05) is 6.61 Å². The van der Waals surface area contributed by atoms with Crippen LogP contribution in [0.4, 0.5) is 0 Å². The molecule has 5 heteroatoms. The summed E-state index contributed by atoms with van der Waals surface area (Å²) in [5.41, 5.74) is 2.73. The number of carbonyl (C=O) groups excluding carboxylic acids is 1. The van der Waals surface area contributed by atoms with Crippen molar-refractivity contribution in [3.63, 3.8) is 0 Å². The molecule has 0 saturated carbocycles. The SMILES string of the molecule is C/C=C\CCOc1ccc(C(=O)n2c(C)cc3c(CC(=O)O)cccc32)cc1. The first-order valence-electron chi connectivity index (χ1n) is 9.21. The van der Waals surface area contributed by atoms with E-state index in [9.17, 15) is 9.59 Å². The van der Waals surface area contributed by atoms with E-state index in [1.54, 1.807) is 41.0 Å². The van der Waals surface area contributed by atoms with Gasteiger partial charge in [-0.15, -0.1) is 0 Å². The van der Waals surface area contributed by atoms with Gasteiger partial charge in [-0.2, -0.15) is 0 Å². The summed E-state index contributed by atoms with van der Waals surface area (Å²) in [6, 6.07) is 14.4. The minimum Gasteiger partial charge on any atom is -0.493 e. The van der Waals surface area contributed by atoms with E-state index >= 15 is 0 Å². The van der Waals surface area contributed by atoms with Crippen LogP contribution in [-0.4, -0.2) is 28.2 Å². The van der Waals surface area contributed by atoms with Crippen molar-refractivity contribution in [3.05, 3.63) is 77.5 Å². The van der Waals surface area contributed by atoms with Crippen molar-refractivity contribution in [1.29, 1.82) is 0 Å². The Morgan fingerprint density at radius 3 is 2.57 bits per heavy atom. The number of rotatable bonds is 7. The second kappa shape index (κ2) is 8.57. The molecule has 0 unspecified atom stereocenters. The Morgan fingerprint density at radius 2 is 1.89 bits per heavy atom. The molecule has 0 spiro atoms. The van der Waals surface area contributed by atoms with Crippen molar-refractivity contribution >= 4 is 22.8 Å². The fourth-order valence-corrected chi connectivity index (χ4v) is 3.25. The minimum absolute atomic E-state index is 0.0752. The summed E-state index contributed by atoms with van der Waals surface area (Å²) in [4.78, 5) is 24.2. The molecule has 0 fully saturated rings. The van der Waals surface area contributed by atoms with Crippen LogP contribution in [0.25, 0.3) is 10.9 Å². The number of aliphatic carboxylic acids is 1. The molecule has 0 atom stereocenters. The van der Waals surface area contributed by atoms with Crippen molar-refractivity contribution in [2.45, 2.75) is 26.7 Å². The van der Waals surface area contributed by atoms with Crippen molar-refractivity contribution in [1.82, 2.24) is 4.57 Å². The molecule has 0 aliphatic heterocycles. The number of ether oxygens (including phenoxy) is 1. The van der Waals surface area contributed by atoms with Crippen LogP contribution < -0.4 is 4.74 Å². The molecular weight excluding hydrogens is 354 g/mol. The lowest BCUT2D eigenvalue weighted by atomic mass is 10.1. The predicted octanol–water partition coefficient (Wildman–Crippen LogP) is 4.61. The number of carboxylic acids is 1. The Kier molecular flexibility index (Phi) is 5.94. The number of carboxylic acid groups (broad SMARTS) is 1. The lowest BCUT2D eigenvalue weighted by molar-refractivity contribution is -0.136. The van der Waals surface area contributed by atoms with E-state index in [1.165, 1.54) is 0 Å². The third kappa shape index (κ3) is 4.14. The number of benzene rings is 2. The Labute approximate surface area is 163 Å². The smallest absolute Gasteiger partial charge is 0.307 e. The van der Waals surface area contributed by atoms with E-state index in [0.29, 0.717) is 23.3 Å². The number of aromatic nitrogens is 1. The van der Waals surface area contributed by atoms with Gasteiger partial charge in [0.2, 0.25) is 0 Å². The number of hydrogen-bond acceptors (Lipinski definition) is 3. The zero-order valence-corrected chi connectivity index (χ0v) is 16.0. The van der Waals surface area contributed by atoms with Crippen LogP contribution in [-0.2, 0) is 11.2 Å². The van der Waals surface area contributed by atoms with E-state index in [1.807, 2.05) is 38.1 Å². The minimum atomic E-state index is -0.894. The quantitative estimate of drug-likeness (QED) is 0.482. The molecule has 2 aromatic carbocycles. The number of nitrogens with zero attached hydrogens (tertiary/aromatic N) is 1. The van der Waals surface area contributed by atoms with Gasteiger partial charge in [-0.25, -0.2) is 0 Å². The third-order valence-electron chi connectivity index (χ3n) is 4.56. The highest BCUT2D eigenvalue weighted by Gasteiger charge is 2.17. The van der Waals surface area contributed by atoms with Crippen molar-refractivity contribution in [2.24, 2.45) is 0 Å². The van der Waals surface area contributed by atoms with Gasteiger partial charge in [0.15, 0.2) is 0 Å². The maximum Gasteiger partial charge on any atom is 0.307 e. The Morgan fingerprint density at radius 1 is 1.14 bits per heavy atom. The van der Waals surface area contributed by atoms with Gasteiger partial charge < -0.3 is 9.84 Å². The highest BCUT2D eigenvalue weighted by atomic mass is 16.5. The fourth-order valence-electron chi connectivity index (χ4n) is 3.25. The van der Waals surface area contributed by atoms with Gasteiger partial charge in [0.05, 0.1) is 18.5 Å². The van der Waals surface area contributed by atoms with Crippen LogP contribution in [0.5, 0.6) is 5.75 Å². The van der Waals surface area contributed by atoms with Crippen LogP contribution in [0, 0.1) is 6.92 Å². The average molecular weight is 377 g/mol. The second-order valence-electron chi connectivity index (χ2n) is 6.58. The molecular formula is C23H23NO4. The van der Waals surface area contributed by atoms with Crippen LogP contribution in [0.2, 0.25) is 0 Å². The van der Waals surface area contributed by atoms with Gasteiger partial charge in [0.25, 0.3) is 5.91 Å². The van der Waals surface area contributed by atoms with E-state index in [0.717, 1.165) is 23.3 Å². The Balaban J connectivity index is 1.87. The molecule has 1 heterocycles. The van der Waals surface area contributed by atoms with Crippen LogP contribution in [0.1, 0.15) is 35.0 Å². The number of aryl methyl sites for hydroxylation is 1. The largest absolute Gasteiger partial charge is 0.493 e. The normalized spacial score (nSPS) is 11.2. The molecule has 0 aliphatic rings. The topological polar surface area (TPSA) is 68.5 Å². The molecule has 0 saturated heterocycles. The number of hydrogen-bond donors (Lipinski definition) is 1. The van der Waals surface area contributed by atoms with Crippen LogP contribution in [0.15, 0.2) is 60.7 Å². The van der Waals surface area contributed by atoms with Crippen molar-refractivity contribution in [3.8, 4) is 5.75 Å². The predicted molar refractivity (Wildman–Crippen MR) is 109 cm³/mol. The van der Waals surface area contributed by atoms with Gasteiger partial charge in [-0.1, -0.05) is 24.3 Å². The summed E-state index contributed by atoms with van der Waals surface area (Å²) >= 11 is 0. The fraction of sp³-hybridized carbons (Fsp3) is 0.217. The molecule has 1 aromatic heterocycles. The summed E-state index contributed by atoms with van der Waals surface area (Å²) < 4.78 is 7.28. The lowest BCUT2D eigenvalue weighted by Crippen LogP contribution is -2.13. The molecule has 3 rings (SSSR count). The first kappa shape index (κ1) is 19.4. The third-order valence-corrected chi connectivity index (χ3v) is 4.56. The van der Waals surface area contributed by atoms with Gasteiger partial charge in [0, 0.05) is 16.6 Å². The molecule has 28 heavy (non-hydrogen) atoms. The molecule has 3 aromatic rings. The van der Waals surface area contributed by atoms with E-state index in [-0.39, 0.29) is 12.3 Å². The molecule has 0 bridgehead atoms. The highest BCUT2D eigenvalue weighted by Crippen LogP contribution is 2.25. The summed E-state index contributed by atoms with van der Waals surface area (Å²) in [6.07, 6.45) is 4.78. The maximum absolute atomic E-state index is 13.1. The zero-order valence-electron chi connectivity index (χ0n) is 16.0. The Hall–Kier alpha value is -3.34. The molecule has 1 N–H and O–H groups in total. The summed E-state index contributed by atoms with van der Waals surface area (Å²) in [7, 11) is 0. The highest BCUT2D eigenvalue weighted by molar-refractivity contribution is 6.04. The number of allylic oxidation sites excluding steroid dienone is 1. The average Bonchev–Trinajstić information content (AvgIpc) is 3.02. The molecule has 0 amide bonds. The zero-order chi connectivity index (χ0) is 20.1. The number of carbonyl (C=O) groups is 2. The summed E-state index contributed by atoms with van der Waals surface area (Å²) in [5, 5.41) is 9.91. The monoisotopic (exact) mass is 377 g/mol. The van der Waals surface area contributed by atoms with Crippen molar-refractivity contribution < 1.29 is 19.4 Å². The molecule has 0 radical (unpaired) electrons. The van der Waals surface area contributed by atoms with E-state index in [2.05, 4.69) is 0 Å². The van der Waals surface area contributed by atoms with Gasteiger partial charge >= 0.3 is 5.97 Å². The second-order valence-corrected chi connectivity index (χ2v) is 6.58. The van der Waals surface area contributed by atoms with Gasteiger partial charge in [-0.05, 0) is 62.2 Å². The van der Waals surface area contributed by atoms with E-state index < -0.39 is 5.97 Å². The summed E-state index contributed by atoms with van der Waals surface area (Å²) in [6.45, 7) is 4.41. The summed E-state index contributed by atoms with van der Waals surface area (Å²) in [5.74, 6) is -0.325. The first-order valence-corrected chi connectivity index (χ1v) is 9.21. The van der Waals surface area contributed by atoms with Crippen LogP contribution >= 0.6 is 0 Å².